The number of aromatic nitrogens is 3. The van der Waals surface area contributed by atoms with E-state index in [4.69, 9.17) is 4.74 Å². The Labute approximate surface area is 152 Å². The fraction of sp³-hybridized carbons (Fsp3) is 0.350. The molecule has 26 heavy (non-hydrogen) atoms. The average Bonchev–Trinajstić information content (AvgIpc) is 2.89. The van der Waals surface area contributed by atoms with Crippen LogP contribution in [0.15, 0.2) is 41.3 Å². The molecule has 0 spiro atoms. The second kappa shape index (κ2) is 7.15. The van der Waals surface area contributed by atoms with Gasteiger partial charge in [0.05, 0.1) is 23.9 Å². The Balaban J connectivity index is 2.24. The van der Waals surface area contributed by atoms with Gasteiger partial charge in [0.15, 0.2) is 0 Å². The van der Waals surface area contributed by atoms with Crippen LogP contribution in [0.25, 0.3) is 16.5 Å². The zero-order valence-electron chi connectivity index (χ0n) is 15.5. The lowest BCUT2D eigenvalue weighted by Gasteiger charge is -2.19. The van der Waals surface area contributed by atoms with E-state index in [1.165, 1.54) is 4.68 Å². The first-order valence-electron chi connectivity index (χ1n) is 8.82. The van der Waals surface area contributed by atoms with E-state index >= 15 is 0 Å². The standard InChI is InChI=1S/C20H23N3O3/c1-5-17(20(25)26-6-2)22-13(3)16-12-21-23(15-10-8-7-9-11-15)19(24)18(16)14(22)4/h7-12,17H,5-6H2,1-4H3/t17-/m0/s1. The molecule has 0 aliphatic rings. The van der Waals surface area contributed by atoms with Crippen molar-refractivity contribution in [3.05, 3.63) is 58.3 Å². The highest BCUT2D eigenvalue weighted by Gasteiger charge is 2.26. The molecule has 0 aliphatic heterocycles. The smallest absolute Gasteiger partial charge is 0.329 e. The normalized spacial score (nSPS) is 12.3. The first-order chi connectivity index (χ1) is 12.5. The number of esters is 1. The van der Waals surface area contributed by atoms with Crippen molar-refractivity contribution in [2.45, 2.75) is 40.2 Å². The number of ether oxygens (including phenoxy) is 1. The lowest BCUT2D eigenvalue weighted by molar-refractivity contribution is -0.147. The second-order valence-electron chi connectivity index (χ2n) is 6.20. The molecule has 0 amide bonds. The van der Waals surface area contributed by atoms with Crippen molar-refractivity contribution in [1.82, 2.24) is 14.3 Å². The molecule has 0 radical (unpaired) electrons. The molecule has 0 saturated heterocycles. The predicted molar refractivity (Wildman–Crippen MR) is 101 cm³/mol. The molecular weight excluding hydrogens is 330 g/mol. The molecule has 0 unspecified atom stereocenters. The molecule has 3 rings (SSSR count). The van der Waals surface area contributed by atoms with E-state index < -0.39 is 6.04 Å². The molecule has 2 heterocycles. The van der Waals surface area contributed by atoms with Crippen LogP contribution in [0, 0.1) is 13.8 Å². The van der Waals surface area contributed by atoms with Crippen molar-refractivity contribution in [2.75, 3.05) is 6.61 Å². The zero-order chi connectivity index (χ0) is 18.8. The Morgan fingerprint density at radius 3 is 2.46 bits per heavy atom. The Kier molecular flexibility index (Phi) is 4.93. The number of rotatable bonds is 5. The highest BCUT2D eigenvalue weighted by atomic mass is 16.5. The number of carbonyl (C=O) groups is 1. The van der Waals surface area contributed by atoms with Crippen LogP contribution in [0.4, 0.5) is 0 Å². The summed E-state index contributed by atoms with van der Waals surface area (Å²) in [6.45, 7) is 7.83. The summed E-state index contributed by atoms with van der Waals surface area (Å²) in [6.07, 6.45) is 2.28. The van der Waals surface area contributed by atoms with Crippen molar-refractivity contribution in [3.8, 4) is 5.69 Å². The van der Waals surface area contributed by atoms with Crippen LogP contribution in [0.1, 0.15) is 37.7 Å². The number of benzene rings is 1. The molecule has 136 valence electrons. The van der Waals surface area contributed by atoms with E-state index in [1.807, 2.05) is 55.7 Å². The van der Waals surface area contributed by atoms with Gasteiger partial charge in [-0.15, -0.1) is 0 Å². The van der Waals surface area contributed by atoms with E-state index in [0.717, 1.165) is 16.8 Å². The monoisotopic (exact) mass is 353 g/mol. The topological polar surface area (TPSA) is 66.1 Å². The number of hydrogen-bond acceptors (Lipinski definition) is 4. The lowest BCUT2D eigenvalue weighted by Crippen LogP contribution is -2.24. The summed E-state index contributed by atoms with van der Waals surface area (Å²) < 4.78 is 8.52. The third kappa shape index (κ3) is 2.81. The van der Waals surface area contributed by atoms with Crippen LogP contribution < -0.4 is 5.56 Å². The first kappa shape index (κ1) is 17.9. The van der Waals surface area contributed by atoms with E-state index in [-0.39, 0.29) is 11.5 Å². The first-order valence-corrected chi connectivity index (χ1v) is 8.82. The minimum atomic E-state index is -0.452. The van der Waals surface area contributed by atoms with Gasteiger partial charge in [0, 0.05) is 16.8 Å². The number of fused-ring (bicyclic) bond motifs is 1. The van der Waals surface area contributed by atoms with Gasteiger partial charge < -0.3 is 9.30 Å². The maximum Gasteiger partial charge on any atom is 0.329 e. The number of aryl methyl sites for hydroxylation is 2. The summed E-state index contributed by atoms with van der Waals surface area (Å²) in [4.78, 5) is 25.5. The average molecular weight is 353 g/mol. The summed E-state index contributed by atoms with van der Waals surface area (Å²) in [5.41, 5.74) is 2.13. The molecule has 0 saturated carbocycles. The van der Waals surface area contributed by atoms with Gasteiger partial charge in [0.25, 0.3) is 5.56 Å². The Hall–Kier alpha value is -2.89. The van der Waals surface area contributed by atoms with Crippen LogP contribution in [0.3, 0.4) is 0 Å². The summed E-state index contributed by atoms with van der Waals surface area (Å²) in [6, 6.07) is 8.85. The van der Waals surface area contributed by atoms with Gasteiger partial charge in [0.1, 0.15) is 6.04 Å². The van der Waals surface area contributed by atoms with Crippen molar-refractivity contribution < 1.29 is 9.53 Å². The molecule has 2 aromatic heterocycles. The number of hydrogen-bond donors (Lipinski definition) is 0. The Morgan fingerprint density at radius 2 is 1.85 bits per heavy atom. The Morgan fingerprint density at radius 1 is 1.15 bits per heavy atom. The molecule has 1 aromatic carbocycles. The Bertz CT molecular complexity index is 1000. The summed E-state index contributed by atoms with van der Waals surface area (Å²) >= 11 is 0. The van der Waals surface area contributed by atoms with Gasteiger partial charge in [-0.3, -0.25) is 4.79 Å². The van der Waals surface area contributed by atoms with Gasteiger partial charge in [-0.25, -0.2) is 4.79 Å². The maximum atomic E-state index is 13.1. The lowest BCUT2D eigenvalue weighted by atomic mass is 10.2. The van der Waals surface area contributed by atoms with Gasteiger partial charge in [-0.05, 0) is 39.3 Å². The molecule has 0 aliphatic carbocycles. The van der Waals surface area contributed by atoms with Gasteiger partial charge in [-0.1, -0.05) is 25.1 Å². The maximum absolute atomic E-state index is 13.1. The summed E-state index contributed by atoms with van der Waals surface area (Å²) in [7, 11) is 0. The van der Waals surface area contributed by atoms with E-state index in [1.54, 1.807) is 13.1 Å². The van der Waals surface area contributed by atoms with Crippen LogP contribution in [0.5, 0.6) is 0 Å². The SMILES string of the molecule is CCOC(=O)[C@H](CC)n1c(C)c2cnn(-c3ccccc3)c(=O)c2c1C. The zero-order valence-corrected chi connectivity index (χ0v) is 15.5. The van der Waals surface area contributed by atoms with Crippen molar-refractivity contribution in [2.24, 2.45) is 0 Å². The van der Waals surface area contributed by atoms with Crippen molar-refractivity contribution in [1.29, 1.82) is 0 Å². The molecule has 0 bridgehead atoms. The van der Waals surface area contributed by atoms with Crippen LogP contribution in [0.2, 0.25) is 0 Å². The third-order valence-electron chi connectivity index (χ3n) is 4.71. The van der Waals surface area contributed by atoms with E-state index in [2.05, 4.69) is 5.10 Å². The highest BCUT2D eigenvalue weighted by molar-refractivity contribution is 5.88. The molecule has 1 atom stereocenters. The molecule has 0 N–H and O–H groups in total. The third-order valence-corrected chi connectivity index (χ3v) is 4.71. The van der Waals surface area contributed by atoms with Gasteiger partial charge in [-0.2, -0.15) is 9.78 Å². The fourth-order valence-electron chi connectivity index (χ4n) is 3.49. The minimum Gasteiger partial charge on any atom is -0.464 e. The second-order valence-corrected chi connectivity index (χ2v) is 6.20. The summed E-state index contributed by atoms with van der Waals surface area (Å²) in [5.74, 6) is -0.280. The summed E-state index contributed by atoms with van der Waals surface area (Å²) in [5, 5.41) is 5.69. The molecule has 6 heteroatoms. The predicted octanol–water partition coefficient (Wildman–Crippen LogP) is 3.32. The highest BCUT2D eigenvalue weighted by Crippen LogP contribution is 2.28. The van der Waals surface area contributed by atoms with Crippen molar-refractivity contribution in [3.63, 3.8) is 0 Å². The largest absolute Gasteiger partial charge is 0.464 e. The molecular formula is C20H23N3O3. The number of para-hydroxylation sites is 1. The van der Waals surface area contributed by atoms with Crippen molar-refractivity contribution >= 4 is 16.7 Å². The quantitative estimate of drug-likeness (QED) is 0.660. The molecule has 6 nitrogen and oxygen atoms in total. The molecule has 3 aromatic rings. The van der Waals surface area contributed by atoms with Gasteiger partial charge >= 0.3 is 5.97 Å². The minimum absolute atomic E-state index is 0.188. The molecule has 0 fully saturated rings. The fourth-order valence-corrected chi connectivity index (χ4v) is 3.49. The van der Waals surface area contributed by atoms with E-state index in [0.29, 0.717) is 24.1 Å². The number of nitrogens with zero attached hydrogens (tertiary/aromatic N) is 3. The number of carbonyl (C=O) groups excluding carboxylic acids is 1. The van der Waals surface area contributed by atoms with Crippen LogP contribution >= 0.6 is 0 Å². The van der Waals surface area contributed by atoms with Crippen LogP contribution in [-0.2, 0) is 9.53 Å². The van der Waals surface area contributed by atoms with Crippen LogP contribution in [-0.4, -0.2) is 26.9 Å². The van der Waals surface area contributed by atoms with Gasteiger partial charge in [0.2, 0.25) is 0 Å². The van der Waals surface area contributed by atoms with E-state index in [9.17, 15) is 9.59 Å².